The number of benzene rings is 1. The maximum absolute atomic E-state index is 12.7. The van der Waals surface area contributed by atoms with Gasteiger partial charge in [0.05, 0.1) is 0 Å². The maximum atomic E-state index is 12.7. The number of amides is 1. The number of carbonyl (C=O) groups excluding carboxylic acids is 1. The number of nitrogens with one attached hydrogen (secondary N) is 1. The first-order chi connectivity index (χ1) is 13.2. The third-order valence-corrected chi connectivity index (χ3v) is 4.97. The lowest BCUT2D eigenvalue weighted by molar-refractivity contribution is 0.0759. The number of hydrogen-bond acceptors (Lipinski definition) is 5. The molecule has 3 heterocycles. The molecule has 0 saturated carbocycles. The number of aromatic amines is 1. The minimum atomic E-state index is -0.336. The molecule has 0 atom stereocenters. The van der Waals surface area contributed by atoms with E-state index >= 15 is 0 Å². The quantitative estimate of drug-likeness (QED) is 0.887. The van der Waals surface area contributed by atoms with Gasteiger partial charge in [0.25, 0.3) is 11.5 Å². The van der Waals surface area contributed by atoms with Gasteiger partial charge in [0.1, 0.15) is 18.8 Å². The number of fused-ring (bicyclic) bond motifs is 1. The molecule has 0 aliphatic carbocycles. The standard InChI is InChI=1S/C20H23N3O4/c24-19-16(5-2-7-21-19)20(25)23-9-3-8-22(10-11-23)14-15-4-1-6-17-18(15)27-13-12-26-17/h1-2,4-7H,3,8-14H2,(H,21,24). The Kier molecular flexibility index (Phi) is 5.11. The predicted molar refractivity (Wildman–Crippen MR) is 100 cm³/mol. The van der Waals surface area contributed by atoms with E-state index in [1.807, 2.05) is 12.1 Å². The highest BCUT2D eigenvalue weighted by Gasteiger charge is 2.23. The number of aromatic nitrogens is 1. The molecule has 2 aromatic rings. The Morgan fingerprint density at radius 1 is 1.04 bits per heavy atom. The number of nitrogens with zero attached hydrogens (tertiary/aromatic N) is 2. The van der Waals surface area contributed by atoms with Crippen LogP contribution in [0.5, 0.6) is 11.5 Å². The Morgan fingerprint density at radius 2 is 1.93 bits per heavy atom. The monoisotopic (exact) mass is 369 g/mol. The van der Waals surface area contributed by atoms with E-state index in [9.17, 15) is 9.59 Å². The van der Waals surface area contributed by atoms with Crippen LogP contribution in [0, 0.1) is 0 Å². The van der Waals surface area contributed by atoms with Crippen molar-refractivity contribution in [2.24, 2.45) is 0 Å². The van der Waals surface area contributed by atoms with Crippen molar-refractivity contribution in [3.05, 3.63) is 58.0 Å². The largest absolute Gasteiger partial charge is 0.486 e. The first-order valence-electron chi connectivity index (χ1n) is 9.29. The van der Waals surface area contributed by atoms with Crippen LogP contribution in [0.1, 0.15) is 22.3 Å². The second-order valence-corrected chi connectivity index (χ2v) is 6.78. The summed E-state index contributed by atoms with van der Waals surface area (Å²) in [5.41, 5.74) is 0.969. The first kappa shape index (κ1) is 17.6. The highest BCUT2D eigenvalue weighted by atomic mass is 16.6. The molecule has 2 aliphatic heterocycles. The zero-order valence-electron chi connectivity index (χ0n) is 15.1. The van der Waals surface area contributed by atoms with E-state index in [0.29, 0.717) is 26.3 Å². The zero-order valence-corrected chi connectivity index (χ0v) is 15.1. The van der Waals surface area contributed by atoms with Gasteiger partial charge in [-0.3, -0.25) is 14.5 Å². The van der Waals surface area contributed by atoms with Gasteiger partial charge in [-0.15, -0.1) is 0 Å². The third kappa shape index (κ3) is 3.83. The molecule has 142 valence electrons. The summed E-state index contributed by atoms with van der Waals surface area (Å²) in [7, 11) is 0. The van der Waals surface area contributed by atoms with Gasteiger partial charge >= 0.3 is 0 Å². The molecule has 0 radical (unpaired) electrons. The SMILES string of the molecule is O=C(c1ccc[nH]c1=O)N1CCCN(Cc2cccc3c2OCCO3)CC1. The summed E-state index contributed by atoms with van der Waals surface area (Å²) in [6.45, 7) is 4.78. The lowest BCUT2D eigenvalue weighted by atomic mass is 10.1. The fraction of sp³-hybridized carbons (Fsp3) is 0.400. The summed E-state index contributed by atoms with van der Waals surface area (Å²) in [6.07, 6.45) is 2.40. The number of rotatable bonds is 3. The lowest BCUT2D eigenvalue weighted by Gasteiger charge is -2.25. The van der Waals surface area contributed by atoms with Crippen LogP contribution >= 0.6 is 0 Å². The van der Waals surface area contributed by atoms with E-state index < -0.39 is 0 Å². The van der Waals surface area contributed by atoms with Crippen LogP contribution in [-0.2, 0) is 6.54 Å². The Morgan fingerprint density at radius 3 is 2.81 bits per heavy atom. The Bertz CT molecular complexity index is 880. The molecule has 2 aliphatic rings. The normalized spacial score (nSPS) is 17.4. The molecule has 0 spiro atoms. The van der Waals surface area contributed by atoms with Crippen molar-refractivity contribution in [1.82, 2.24) is 14.8 Å². The lowest BCUT2D eigenvalue weighted by Crippen LogP contribution is -2.37. The summed E-state index contributed by atoms with van der Waals surface area (Å²) in [4.78, 5) is 31.2. The van der Waals surface area contributed by atoms with Gasteiger partial charge in [-0.2, -0.15) is 0 Å². The van der Waals surface area contributed by atoms with Gasteiger partial charge in [-0.1, -0.05) is 12.1 Å². The van der Waals surface area contributed by atoms with E-state index in [1.165, 1.54) is 6.20 Å². The van der Waals surface area contributed by atoms with E-state index in [-0.39, 0.29) is 17.0 Å². The zero-order chi connectivity index (χ0) is 18.6. The second kappa shape index (κ2) is 7.84. The summed E-state index contributed by atoms with van der Waals surface area (Å²) in [5, 5.41) is 0. The van der Waals surface area contributed by atoms with Crippen molar-refractivity contribution in [2.75, 3.05) is 39.4 Å². The molecule has 1 amide bonds. The number of H-pyrrole nitrogens is 1. The number of ether oxygens (including phenoxy) is 2. The summed E-state index contributed by atoms with van der Waals surface area (Å²) < 4.78 is 11.5. The topological polar surface area (TPSA) is 74.9 Å². The summed E-state index contributed by atoms with van der Waals surface area (Å²) in [6, 6.07) is 9.23. The van der Waals surface area contributed by atoms with E-state index in [0.717, 1.165) is 43.1 Å². The molecule has 4 rings (SSSR count). The molecule has 1 aromatic carbocycles. The van der Waals surface area contributed by atoms with Gasteiger partial charge in [0.15, 0.2) is 11.5 Å². The van der Waals surface area contributed by atoms with Gasteiger partial charge < -0.3 is 19.4 Å². The van der Waals surface area contributed by atoms with Gasteiger partial charge in [0, 0.05) is 44.5 Å². The van der Waals surface area contributed by atoms with E-state index in [4.69, 9.17) is 9.47 Å². The van der Waals surface area contributed by atoms with Gasteiger partial charge in [0.2, 0.25) is 0 Å². The average molecular weight is 369 g/mol. The average Bonchev–Trinajstić information content (AvgIpc) is 2.94. The van der Waals surface area contributed by atoms with Crippen LogP contribution in [-0.4, -0.2) is 60.1 Å². The van der Waals surface area contributed by atoms with Gasteiger partial charge in [-0.05, 0) is 24.6 Å². The smallest absolute Gasteiger partial charge is 0.260 e. The predicted octanol–water partition coefficient (Wildman–Crippen LogP) is 1.49. The minimum Gasteiger partial charge on any atom is -0.486 e. The fourth-order valence-electron chi connectivity index (χ4n) is 3.59. The third-order valence-electron chi connectivity index (χ3n) is 4.97. The fourth-order valence-corrected chi connectivity index (χ4v) is 3.59. The van der Waals surface area contributed by atoms with Crippen molar-refractivity contribution in [3.8, 4) is 11.5 Å². The van der Waals surface area contributed by atoms with E-state index in [1.54, 1.807) is 17.0 Å². The van der Waals surface area contributed by atoms with Crippen LogP contribution in [0.4, 0.5) is 0 Å². The molecule has 27 heavy (non-hydrogen) atoms. The molecule has 1 fully saturated rings. The number of pyridine rings is 1. The molecule has 0 unspecified atom stereocenters. The molecule has 1 aromatic heterocycles. The minimum absolute atomic E-state index is 0.201. The van der Waals surface area contributed by atoms with Crippen LogP contribution in [0.2, 0.25) is 0 Å². The number of carbonyl (C=O) groups is 1. The Balaban J connectivity index is 1.43. The second-order valence-electron chi connectivity index (χ2n) is 6.78. The van der Waals surface area contributed by atoms with E-state index in [2.05, 4.69) is 16.0 Å². The van der Waals surface area contributed by atoms with Gasteiger partial charge in [-0.25, -0.2) is 0 Å². The van der Waals surface area contributed by atoms with Crippen LogP contribution in [0.15, 0.2) is 41.3 Å². The number of hydrogen-bond donors (Lipinski definition) is 1. The molecule has 1 N–H and O–H groups in total. The van der Waals surface area contributed by atoms with Crippen molar-refractivity contribution in [1.29, 1.82) is 0 Å². The highest BCUT2D eigenvalue weighted by Crippen LogP contribution is 2.34. The van der Waals surface area contributed by atoms with Crippen LogP contribution in [0.25, 0.3) is 0 Å². The van der Waals surface area contributed by atoms with Crippen molar-refractivity contribution in [2.45, 2.75) is 13.0 Å². The highest BCUT2D eigenvalue weighted by molar-refractivity contribution is 5.93. The van der Waals surface area contributed by atoms with Crippen molar-refractivity contribution >= 4 is 5.91 Å². The van der Waals surface area contributed by atoms with Crippen LogP contribution < -0.4 is 15.0 Å². The Labute approximate surface area is 157 Å². The maximum Gasteiger partial charge on any atom is 0.260 e. The molecular formula is C20H23N3O4. The molecule has 0 bridgehead atoms. The number of para-hydroxylation sites is 1. The van der Waals surface area contributed by atoms with Crippen molar-refractivity contribution in [3.63, 3.8) is 0 Å². The Hall–Kier alpha value is -2.80. The summed E-state index contributed by atoms with van der Waals surface area (Å²) >= 11 is 0. The molecule has 7 nitrogen and oxygen atoms in total. The summed E-state index contributed by atoms with van der Waals surface area (Å²) in [5.74, 6) is 1.43. The van der Waals surface area contributed by atoms with Crippen LogP contribution in [0.3, 0.4) is 0 Å². The molecular weight excluding hydrogens is 346 g/mol. The molecule has 1 saturated heterocycles. The van der Waals surface area contributed by atoms with Crippen molar-refractivity contribution < 1.29 is 14.3 Å². The molecule has 7 heteroatoms. The first-order valence-corrected chi connectivity index (χ1v) is 9.29.